The predicted octanol–water partition coefficient (Wildman–Crippen LogP) is -2.84. The van der Waals surface area contributed by atoms with Gasteiger partial charge in [-0.05, 0) is 6.92 Å². The summed E-state index contributed by atoms with van der Waals surface area (Å²) in [5.41, 5.74) is 0. The second-order valence-electron chi connectivity index (χ2n) is 7.09. The highest BCUT2D eigenvalue weighted by Crippen LogP contribution is 2.28. The molecular weight excluding hydrogens is 436 g/mol. The van der Waals surface area contributed by atoms with Crippen LogP contribution >= 0.6 is 0 Å². The van der Waals surface area contributed by atoms with Crippen molar-refractivity contribution in [3.05, 3.63) is 0 Å². The van der Waals surface area contributed by atoms with E-state index in [0.717, 1.165) is 7.11 Å². The molecule has 2 heterocycles. The quantitative estimate of drug-likeness (QED) is 0.208. The minimum atomic E-state index is -1.82. The second-order valence-corrected chi connectivity index (χ2v) is 7.09. The molecule has 10 unspecified atom stereocenters. The van der Waals surface area contributed by atoms with Crippen molar-refractivity contribution >= 4 is 11.9 Å². The van der Waals surface area contributed by atoms with Crippen LogP contribution < -0.4 is 0 Å². The molecular formula is C19H34O13. The summed E-state index contributed by atoms with van der Waals surface area (Å²) < 4.78 is 25.3. The van der Waals surface area contributed by atoms with Gasteiger partial charge >= 0.3 is 11.9 Å². The van der Waals surface area contributed by atoms with Crippen molar-refractivity contribution in [1.29, 1.82) is 0 Å². The summed E-state index contributed by atoms with van der Waals surface area (Å²) in [5, 5.41) is 59.6. The molecule has 2 aliphatic rings. The second kappa shape index (κ2) is 13.3. The van der Waals surface area contributed by atoms with E-state index in [1.54, 1.807) is 0 Å². The third-order valence-electron chi connectivity index (χ3n) is 4.93. The maximum atomic E-state index is 11.8. The molecule has 0 amide bonds. The van der Waals surface area contributed by atoms with E-state index in [1.165, 1.54) is 6.92 Å². The normalized spacial score (nSPS) is 39.4. The molecule has 2 aliphatic heterocycles. The molecule has 0 aromatic carbocycles. The van der Waals surface area contributed by atoms with Gasteiger partial charge in [0.1, 0.15) is 49.3 Å². The van der Waals surface area contributed by atoms with Crippen LogP contribution in [0.2, 0.25) is 0 Å². The Balaban J connectivity index is 0.00000249. The molecule has 32 heavy (non-hydrogen) atoms. The minimum absolute atomic E-state index is 0.217. The fourth-order valence-corrected chi connectivity index (χ4v) is 3.06. The van der Waals surface area contributed by atoms with Crippen molar-refractivity contribution in [3.63, 3.8) is 0 Å². The largest absolute Gasteiger partial charge is 0.469 e. The molecule has 0 aromatic heterocycles. The van der Waals surface area contributed by atoms with Gasteiger partial charge in [0.25, 0.3) is 0 Å². The van der Waals surface area contributed by atoms with E-state index >= 15 is 0 Å². The van der Waals surface area contributed by atoms with Gasteiger partial charge in [0.2, 0.25) is 0 Å². The van der Waals surface area contributed by atoms with E-state index in [0.29, 0.717) is 0 Å². The lowest BCUT2D eigenvalue weighted by molar-refractivity contribution is -0.352. The topological polar surface area (TPSA) is 202 Å². The van der Waals surface area contributed by atoms with Crippen LogP contribution in [-0.2, 0) is 33.3 Å². The van der Waals surface area contributed by atoms with E-state index in [-0.39, 0.29) is 12.8 Å². The summed E-state index contributed by atoms with van der Waals surface area (Å²) in [4.78, 5) is 22.9. The Morgan fingerprint density at radius 3 is 2.00 bits per heavy atom. The van der Waals surface area contributed by atoms with Gasteiger partial charge < -0.3 is 54.3 Å². The number of aliphatic hydroxyl groups is 6. The van der Waals surface area contributed by atoms with Crippen LogP contribution in [-0.4, -0.2) is 118 Å². The van der Waals surface area contributed by atoms with Gasteiger partial charge in [0, 0.05) is 0 Å². The van der Waals surface area contributed by atoms with Gasteiger partial charge in [-0.1, -0.05) is 13.8 Å². The standard InChI is InChI=1S/C17H28O13.C2H6/c1-6-10(20)11(21)14(24)17(28-6)30-15-7(29-16(25)13(23)12(15)22)5-27-9(19)4-3-8(18)26-2;1-2/h6-7,10-17,20-25H,3-5H2,1-2H3;1-2H3. The summed E-state index contributed by atoms with van der Waals surface area (Å²) in [6, 6.07) is 0. The van der Waals surface area contributed by atoms with Crippen molar-refractivity contribution in [1.82, 2.24) is 0 Å². The number of carbonyl (C=O) groups excluding carboxylic acids is 2. The van der Waals surface area contributed by atoms with Gasteiger partial charge in [0.05, 0.1) is 26.1 Å². The predicted molar refractivity (Wildman–Crippen MR) is 104 cm³/mol. The molecule has 0 aromatic rings. The van der Waals surface area contributed by atoms with Crippen molar-refractivity contribution in [2.24, 2.45) is 0 Å². The van der Waals surface area contributed by atoms with E-state index < -0.39 is 80.0 Å². The van der Waals surface area contributed by atoms with Crippen LogP contribution in [0, 0.1) is 0 Å². The van der Waals surface area contributed by atoms with Crippen LogP contribution in [0.25, 0.3) is 0 Å². The Hall–Kier alpha value is -1.42. The Labute approximate surface area is 185 Å². The molecule has 13 nitrogen and oxygen atoms in total. The molecule has 0 bridgehead atoms. The number of esters is 2. The molecule has 2 fully saturated rings. The average Bonchev–Trinajstić information content (AvgIpc) is 2.79. The van der Waals surface area contributed by atoms with E-state index in [2.05, 4.69) is 4.74 Å². The van der Waals surface area contributed by atoms with Crippen LogP contribution in [0.1, 0.15) is 33.6 Å². The molecule has 2 saturated heterocycles. The first-order valence-corrected chi connectivity index (χ1v) is 10.3. The summed E-state index contributed by atoms with van der Waals surface area (Å²) in [5.74, 6) is -1.41. The average molecular weight is 470 g/mol. The summed E-state index contributed by atoms with van der Waals surface area (Å²) >= 11 is 0. The lowest BCUT2D eigenvalue weighted by Gasteiger charge is -2.45. The Morgan fingerprint density at radius 2 is 1.41 bits per heavy atom. The highest BCUT2D eigenvalue weighted by molar-refractivity contribution is 5.77. The van der Waals surface area contributed by atoms with Gasteiger partial charge in [0.15, 0.2) is 12.6 Å². The molecule has 0 spiro atoms. The van der Waals surface area contributed by atoms with Crippen LogP contribution in [0.4, 0.5) is 0 Å². The summed E-state index contributed by atoms with van der Waals surface area (Å²) in [7, 11) is 1.16. The number of hydrogen-bond donors (Lipinski definition) is 6. The van der Waals surface area contributed by atoms with E-state index in [1.807, 2.05) is 13.8 Å². The van der Waals surface area contributed by atoms with Gasteiger partial charge in [-0.25, -0.2) is 0 Å². The van der Waals surface area contributed by atoms with Crippen LogP contribution in [0.3, 0.4) is 0 Å². The first kappa shape index (κ1) is 28.6. The number of rotatable bonds is 7. The number of ether oxygens (including phenoxy) is 5. The van der Waals surface area contributed by atoms with Gasteiger partial charge in [-0.3, -0.25) is 9.59 Å². The van der Waals surface area contributed by atoms with Gasteiger partial charge in [-0.2, -0.15) is 0 Å². The van der Waals surface area contributed by atoms with Crippen molar-refractivity contribution in [2.45, 2.75) is 95.0 Å². The zero-order valence-corrected chi connectivity index (χ0v) is 18.4. The van der Waals surface area contributed by atoms with Crippen molar-refractivity contribution < 1.29 is 63.9 Å². The summed E-state index contributed by atoms with van der Waals surface area (Å²) in [6.07, 6.45) is -15.7. The van der Waals surface area contributed by atoms with E-state index in [4.69, 9.17) is 18.9 Å². The first-order valence-electron chi connectivity index (χ1n) is 10.3. The number of aliphatic hydroxyl groups excluding tert-OH is 6. The summed E-state index contributed by atoms with van der Waals surface area (Å²) in [6.45, 7) is 4.89. The lowest BCUT2D eigenvalue weighted by atomic mass is 9.97. The molecule has 0 saturated carbocycles. The molecule has 10 atom stereocenters. The monoisotopic (exact) mass is 470 g/mol. The number of methoxy groups -OCH3 is 1. The maximum Gasteiger partial charge on any atom is 0.306 e. The zero-order chi connectivity index (χ0) is 24.6. The Morgan fingerprint density at radius 1 is 0.812 bits per heavy atom. The number of hydrogen-bond acceptors (Lipinski definition) is 13. The number of carbonyl (C=O) groups is 2. The zero-order valence-electron chi connectivity index (χ0n) is 18.4. The molecule has 6 N–H and O–H groups in total. The highest BCUT2D eigenvalue weighted by Gasteiger charge is 2.50. The van der Waals surface area contributed by atoms with Gasteiger partial charge in [-0.15, -0.1) is 0 Å². The SMILES string of the molecule is CC.COC(=O)CCC(=O)OCC1OC(O)C(O)C(O)C1OC1OC(C)C(O)C(O)C1O. The third-order valence-corrected chi connectivity index (χ3v) is 4.93. The fourth-order valence-electron chi connectivity index (χ4n) is 3.06. The Kier molecular flexibility index (Phi) is 11.9. The smallest absolute Gasteiger partial charge is 0.306 e. The highest BCUT2D eigenvalue weighted by atomic mass is 16.7. The fraction of sp³-hybridized carbons (Fsp3) is 0.895. The van der Waals surface area contributed by atoms with E-state index in [9.17, 15) is 40.2 Å². The third kappa shape index (κ3) is 7.30. The molecule has 0 aliphatic carbocycles. The Bertz CT molecular complexity index is 588. The maximum absolute atomic E-state index is 11.8. The molecule has 188 valence electrons. The minimum Gasteiger partial charge on any atom is -0.469 e. The molecule has 0 radical (unpaired) electrons. The molecule has 13 heteroatoms. The van der Waals surface area contributed by atoms with Crippen molar-refractivity contribution in [3.8, 4) is 0 Å². The van der Waals surface area contributed by atoms with Crippen LogP contribution in [0.15, 0.2) is 0 Å². The van der Waals surface area contributed by atoms with Crippen molar-refractivity contribution in [2.75, 3.05) is 13.7 Å². The molecule has 2 rings (SSSR count). The first-order chi connectivity index (χ1) is 15.1. The van der Waals surface area contributed by atoms with Crippen LogP contribution in [0.5, 0.6) is 0 Å². The lowest BCUT2D eigenvalue weighted by Crippen LogP contribution is -2.64.